The second-order valence-corrected chi connectivity index (χ2v) is 5.20. The van der Waals surface area contributed by atoms with Crippen molar-refractivity contribution in [3.05, 3.63) is 29.6 Å². The van der Waals surface area contributed by atoms with Gasteiger partial charge in [-0.15, -0.1) is 0 Å². The lowest BCUT2D eigenvalue weighted by Crippen LogP contribution is -2.29. The summed E-state index contributed by atoms with van der Waals surface area (Å²) >= 11 is 0. The molecule has 1 aliphatic carbocycles. The summed E-state index contributed by atoms with van der Waals surface area (Å²) in [4.78, 5) is 4.30. The number of nitrogens with zero attached hydrogens (tertiary/aromatic N) is 1. The van der Waals surface area contributed by atoms with Crippen LogP contribution in [-0.2, 0) is 0 Å². The average Bonchev–Trinajstić information content (AvgIpc) is 2.56. The second kappa shape index (κ2) is 6.15. The molecule has 0 spiro atoms. The molecule has 0 bridgehead atoms. The molecule has 2 atom stereocenters. The molecule has 0 aromatic carbocycles. The van der Waals surface area contributed by atoms with Crippen molar-refractivity contribution in [1.29, 1.82) is 0 Å². The number of hydrogen-bond acceptors (Lipinski definition) is 2. The van der Waals surface area contributed by atoms with Gasteiger partial charge in [-0.3, -0.25) is 4.98 Å². The fourth-order valence-electron chi connectivity index (χ4n) is 3.02. The predicted molar refractivity (Wildman–Crippen MR) is 72.3 cm³/mol. The summed E-state index contributed by atoms with van der Waals surface area (Å²) in [6.07, 6.45) is 10.7. The van der Waals surface area contributed by atoms with E-state index in [2.05, 4.69) is 36.4 Å². The quantitative estimate of drug-likeness (QED) is 0.808. The maximum absolute atomic E-state index is 4.30. The minimum absolute atomic E-state index is 0.701. The highest BCUT2D eigenvalue weighted by atomic mass is 14.9. The minimum Gasteiger partial charge on any atom is -0.314 e. The third-order valence-corrected chi connectivity index (χ3v) is 3.94. The summed E-state index contributed by atoms with van der Waals surface area (Å²) in [5.41, 5.74) is 2.87. The standard InChI is InChI=1S/C15H24N2/c1-3-17-14-7-5-4-6-13(10-14)15-11-16-9-8-12(15)2/h8-9,11,13-14,17H,3-7,10H2,1-2H3. The maximum Gasteiger partial charge on any atom is 0.0305 e. The molecular formula is C15H24N2. The van der Waals surface area contributed by atoms with Crippen molar-refractivity contribution in [1.82, 2.24) is 10.3 Å². The zero-order valence-corrected chi connectivity index (χ0v) is 11.1. The van der Waals surface area contributed by atoms with Gasteiger partial charge >= 0.3 is 0 Å². The Morgan fingerprint density at radius 3 is 2.94 bits per heavy atom. The fraction of sp³-hybridized carbons (Fsp3) is 0.667. The van der Waals surface area contributed by atoms with Gasteiger partial charge in [0, 0.05) is 18.4 Å². The van der Waals surface area contributed by atoms with Crippen LogP contribution in [0.25, 0.3) is 0 Å². The Morgan fingerprint density at radius 1 is 1.35 bits per heavy atom. The Morgan fingerprint density at radius 2 is 2.18 bits per heavy atom. The van der Waals surface area contributed by atoms with Crippen molar-refractivity contribution in [2.45, 2.75) is 57.9 Å². The molecular weight excluding hydrogens is 208 g/mol. The zero-order chi connectivity index (χ0) is 12.1. The summed E-state index contributed by atoms with van der Waals surface area (Å²) in [6.45, 7) is 5.50. The van der Waals surface area contributed by atoms with Crippen LogP contribution < -0.4 is 5.32 Å². The molecule has 1 saturated carbocycles. The highest BCUT2D eigenvalue weighted by Crippen LogP contribution is 2.32. The molecule has 1 heterocycles. The van der Waals surface area contributed by atoms with Crippen LogP contribution in [0, 0.1) is 6.92 Å². The number of aromatic nitrogens is 1. The summed E-state index contributed by atoms with van der Waals surface area (Å²) < 4.78 is 0. The molecule has 17 heavy (non-hydrogen) atoms. The van der Waals surface area contributed by atoms with E-state index in [9.17, 15) is 0 Å². The lowest BCUT2D eigenvalue weighted by molar-refractivity contribution is 0.448. The van der Waals surface area contributed by atoms with E-state index in [0.717, 1.165) is 6.54 Å². The Labute approximate surface area is 105 Å². The normalized spacial score (nSPS) is 25.5. The first-order valence-corrected chi connectivity index (χ1v) is 6.95. The first-order valence-electron chi connectivity index (χ1n) is 6.95. The van der Waals surface area contributed by atoms with E-state index in [4.69, 9.17) is 0 Å². The smallest absolute Gasteiger partial charge is 0.0305 e. The number of nitrogens with one attached hydrogen (secondary N) is 1. The molecule has 1 aromatic heterocycles. The van der Waals surface area contributed by atoms with Crippen molar-refractivity contribution in [3.8, 4) is 0 Å². The average molecular weight is 232 g/mol. The first-order chi connectivity index (χ1) is 8.31. The number of rotatable bonds is 3. The zero-order valence-electron chi connectivity index (χ0n) is 11.1. The van der Waals surface area contributed by atoms with E-state index >= 15 is 0 Å². The van der Waals surface area contributed by atoms with Gasteiger partial charge < -0.3 is 5.32 Å². The molecule has 2 heteroatoms. The van der Waals surface area contributed by atoms with Crippen LogP contribution in [0.2, 0.25) is 0 Å². The number of hydrogen-bond donors (Lipinski definition) is 1. The predicted octanol–water partition coefficient (Wildman–Crippen LogP) is 3.42. The van der Waals surface area contributed by atoms with E-state index < -0.39 is 0 Å². The van der Waals surface area contributed by atoms with Gasteiger partial charge in [0.25, 0.3) is 0 Å². The molecule has 2 rings (SSSR count). The molecule has 0 amide bonds. The number of pyridine rings is 1. The van der Waals surface area contributed by atoms with E-state index in [1.807, 2.05) is 6.20 Å². The van der Waals surface area contributed by atoms with Gasteiger partial charge in [0.2, 0.25) is 0 Å². The third kappa shape index (κ3) is 3.29. The molecule has 2 nitrogen and oxygen atoms in total. The van der Waals surface area contributed by atoms with Crippen LogP contribution in [0.5, 0.6) is 0 Å². The van der Waals surface area contributed by atoms with Gasteiger partial charge in [0.1, 0.15) is 0 Å². The Hall–Kier alpha value is -0.890. The van der Waals surface area contributed by atoms with Crippen LogP contribution in [0.1, 0.15) is 56.1 Å². The van der Waals surface area contributed by atoms with Crippen molar-refractivity contribution >= 4 is 0 Å². The van der Waals surface area contributed by atoms with Crippen molar-refractivity contribution in [3.63, 3.8) is 0 Å². The third-order valence-electron chi connectivity index (χ3n) is 3.94. The molecule has 2 unspecified atom stereocenters. The summed E-state index contributed by atoms with van der Waals surface area (Å²) in [5.74, 6) is 0.704. The fourth-order valence-corrected chi connectivity index (χ4v) is 3.02. The van der Waals surface area contributed by atoms with Crippen molar-refractivity contribution < 1.29 is 0 Å². The highest BCUT2D eigenvalue weighted by molar-refractivity contribution is 5.25. The topological polar surface area (TPSA) is 24.9 Å². The van der Waals surface area contributed by atoms with Crippen LogP contribution in [0.3, 0.4) is 0 Å². The lowest BCUT2D eigenvalue weighted by Gasteiger charge is -2.22. The van der Waals surface area contributed by atoms with Gasteiger partial charge in [-0.05, 0) is 55.8 Å². The Bertz CT molecular complexity index is 349. The van der Waals surface area contributed by atoms with Crippen LogP contribution >= 0.6 is 0 Å². The maximum atomic E-state index is 4.30. The van der Waals surface area contributed by atoms with Gasteiger partial charge in [0.05, 0.1) is 0 Å². The van der Waals surface area contributed by atoms with E-state index in [0.29, 0.717) is 12.0 Å². The van der Waals surface area contributed by atoms with E-state index in [-0.39, 0.29) is 0 Å². The van der Waals surface area contributed by atoms with Crippen molar-refractivity contribution in [2.75, 3.05) is 6.54 Å². The molecule has 1 N–H and O–H groups in total. The molecule has 0 radical (unpaired) electrons. The molecule has 1 fully saturated rings. The number of aryl methyl sites for hydroxylation is 1. The van der Waals surface area contributed by atoms with Crippen LogP contribution in [0.4, 0.5) is 0 Å². The minimum atomic E-state index is 0.701. The molecule has 1 aromatic rings. The second-order valence-electron chi connectivity index (χ2n) is 5.20. The summed E-state index contributed by atoms with van der Waals surface area (Å²) in [6, 6.07) is 2.84. The van der Waals surface area contributed by atoms with Gasteiger partial charge in [-0.1, -0.05) is 19.8 Å². The molecule has 0 saturated heterocycles. The molecule has 1 aliphatic rings. The summed E-state index contributed by atoms with van der Waals surface area (Å²) in [7, 11) is 0. The first kappa shape index (κ1) is 12.6. The van der Waals surface area contributed by atoms with Gasteiger partial charge in [-0.2, -0.15) is 0 Å². The summed E-state index contributed by atoms with van der Waals surface area (Å²) in [5, 5.41) is 3.62. The Kier molecular flexibility index (Phi) is 4.55. The highest BCUT2D eigenvalue weighted by Gasteiger charge is 2.21. The molecule has 94 valence electrons. The van der Waals surface area contributed by atoms with Crippen LogP contribution in [-0.4, -0.2) is 17.6 Å². The lowest BCUT2D eigenvalue weighted by atomic mass is 9.89. The van der Waals surface area contributed by atoms with Crippen LogP contribution in [0.15, 0.2) is 18.5 Å². The Balaban J connectivity index is 2.11. The van der Waals surface area contributed by atoms with Gasteiger partial charge in [-0.25, -0.2) is 0 Å². The van der Waals surface area contributed by atoms with Gasteiger partial charge in [0.15, 0.2) is 0 Å². The largest absolute Gasteiger partial charge is 0.314 e. The van der Waals surface area contributed by atoms with E-state index in [1.54, 1.807) is 0 Å². The van der Waals surface area contributed by atoms with E-state index in [1.165, 1.54) is 43.2 Å². The van der Waals surface area contributed by atoms with Crippen molar-refractivity contribution in [2.24, 2.45) is 0 Å². The molecule has 0 aliphatic heterocycles. The SMILES string of the molecule is CCNC1CCCCC(c2cnccc2C)C1. The monoisotopic (exact) mass is 232 g/mol.